The van der Waals surface area contributed by atoms with Crippen molar-refractivity contribution in [3.8, 4) is 0 Å². The molecule has 1 aliphatic carbocycles. The number of aryl methyl sites for hydroxylation is 2. The maximum Gasteiger partial charge on any atom is 0.245 e. The molecule has 0 amide bonds. The molecule has 1 aromatic carbocycles. The fourth-order valence-corrected chi connectivity index (χ4v) is 4.82. The molecule has 24 heavy (non-hydrogen) atoms. The Kier molecular flexibility index (Phi) is 3.33. The van der Waals surface area contributed by atoms with E-state index < -0.39 is 10.0 Å². The minimum absolute atomic E-state index is 0.133. The van der Waals surface area contributed by atoms with Crippen LogP contribution in [0.5, 0.6) is 0 Å². The molecule has 6 nitrogen and oxygen atoms in total. The third-order valence-corrected chi connectivity index (χ3v) is 6.50. The van der Waals surface area contributed by atoms with Gasteiger partial charge in [-0.25, -0.2) is 13.1 Å². The van der Waals surface area contributed by atoms with Crippen molar-refractivity contribution in [1.82, 2.24) is 14.9 Å². The number of hydrogen-bond acceptors (Lipinski definition) is 4. The summed E-state index contributed by atoms with van der Waals surface area (Å²) in [4.78, 5) is 3.43. The van der Waals surface area contributed by atoms with E-state index >= 15 is 0 Å². The minimum Gasteiger partial charge on any atom is -0.361 e. The van der Waals surface area contributed by atoms with Crippen LogP contribution >= 0.6 is 0 Å². The highest BCUT2D eigenvalue weighted by Gasteiger charge is 2.46. The van der Waals surface area contributed by atoms with E-state index in [9.17, 15) is 8.42 Å². The zero-order valence-electron chi connectivity index (χ0n) is 13.6. The Labute approximate surface area is 140 Å². The van der Waals surface area contributed by atoms with Crippen LogP contribution in [0.3, 0.4) is 0 Å². The normalized spacial score (nSPS) is 16.6. The minimum atomic E-state index is -3.63. The maximum atomic E-state index is 12.6. The molecule has 0 spiro atoms. The van der Waals surface area contributed by atoms with Gasteiger partial charge in [-0.15, -0.1) is 0 Å². The molecular weight excluding hydrogens is 326 g/mol. The molecule has 2 aromatic heterocycles. The SMILES string of the molecule is Cc1noc(C)c1S(=O)(=O)NCC1(c2c[nH]c3ccccc23)CC1. The molecule has 7 heteroatoms. The number of rotatable bonds is 5. The molecule has 1 saturated carbocycles. The van der Waals surface area contributed by atoms with Crippen LogP contribution in [0, 0.1) is 13.8 Å². The number of nitrogens with one attached hydrogen (secondary N) is 2. The molecule has 126 valence electrons. The number of aromatic amines is 1. The summed E-state index contributed by atoms with van der Waals surface area (Å²) < 4.78 is 33.0. The first kappa shape index (κ1) is 15.4. The highest BCUT2D eigenvalue weighted by molar-refractivity contribution is 7.89. The average Bonchev–Trinajstić information content (AvgIpc) is 3.08. The summed E-state index contributed by atoms with van der Waals surface area (Å²) in [6.07, 6.45) is 3.94. The van der Waals surface area contributed by atoms with E-state index in [0.29, 0.717) is 18.0 Å². The molecule has 0 saturated heterocycles. The Morgan fingerprint density at radius 1 is 1.29 bits per heavy atom. The van der Waals surface area contributed by atoms with E-state index in [1.807, 2.05) is 24.4 Å². The second-order valence-electron chi connectivity index (χ2n) is 6.51. The molecule has 1 aliphatic rings. The van der Waals surface area contributed by atoms with Gasteiger partial charge in [-0.05, 0) is 38.3 Å². The first-order valence-corrected chi connectivity index (χ1v) is 9.40. The van der Waals surface area contributed by atoms with Crippen LogP contribution in [0.4, 0.5) is 0 Å². The van der Waals surface area contributed by atoms with E-state index in [1.54, 1.807) is 13.8 Å². The van der Waals surface area contributed by atoms with Gasteiger partial charge in [0.25, 0.3) is 0 Å². The van der Waals surface area contributed by atoms with Crippen molar-refractivity contribution in [1.29, 1.82) is 0 Å². The van der Waals surface area contributed by atoms with Gasteiger partial charge >= 0.3 is 0 Å². The van der Waals surface area contributed by atoms with Gasteiger partial charge in [-0.1, -0.05) is 23.4 Å². The third-order valence-electron chi connectivity index (χ3n) is 4.85. The van der Waals surface area contributed by atoms with Gasteiger partial charge in [-0.2, -0.15) is 0 Å². The zero-order valence-corrected chi connectivity index (χ0v) is 14.4. The molecule has 0 unspecified atom stereocenters. The van der Waals surface area contributed by atoms with Gasteiger partial charge in [-0.3, -0.25) is 0 Å². The standard InChI is InChI=1S/C17H19N3O3S/c1-11-16(12(2)23-20-11)24(21,22)19-10-17(7-8-17)14-9-18-15-6-4-3-5-13(14)15/h3-6,9,18-19H,7-8,10H2,1-2H3. The summed E-state index contributed by atoms with van der Waals surface area (Å²) in [7, 11) is -3.63. The summed E-state index contributed by atoms with van der Waals surface area (Å²) in [6.45, 7) is 3.62. The van der Waals surface area contributed by atoms with Crippen LogP contribution < -0.4 is 4.72 Å². The Bertz CT molecular complexity index is 993. The van der Waals surface area contributed by atoms with Gasteiger partial charge < -0.3 is 9.51 Å². The molecule has 0 aliphatic heterocycles. The number of benzene rings is 1. The number of para-hydroxylation sites is 1. The largest absolute Gasteiger partial charge is 0.361 e. The monoisotopic (exact) mass is 345 g/mol. The summed E-state index contributed by atoms with van der Waals surface area (Å²) in [5.74, 6) is 0.317. The van der Waals surface area contributed by atoms with Crippen LogP contribution in [0.1, 0.15) is 29.9 Å². The number of fused-ring (bicyclic) bond motifs is 1. The lowest BCUT2D eigenvalue weighted by atomic mass is 9.96. The van der Waals surface area contributed by atoms with Crippen LogP contribution in [0.15, 0.2) is 39.9 Å². The topological polar surface area (TPSA) is 88.0 Å². The summed E-state index contributed by atoms with van der Waals surface area (Å²) in [5, 5.41) is 4.89. The molecule has 0 radical (unpaired) electrons. The van der Waals surface area contributed by atoms with Crippen molar-refractivity contribution in [2.45, 2.75) is 37.0 Å². The fraction of sp³-hybridized carbons (Fsp3) is 0.353. The first-order chi connectivity index (χ1) is 11.4. The highest BCUT2D eigenvalue weighted by Crippen LogP contribution is 2.50. The molecule has 0 bridgehead atoms. The van der Waals surface area contributed by atoms with Crippen molar-refractivity contribution in [3.05, 3.63) is 47.5 Å². The second kappa shape index (κ2) is 5.19. The number of H-pyrrole nitrogens is 1. The molecule has 0 atom stereocenters. The van der Waals surface area contributed by atoms with E-state index in [0.717, 1.165) is 23.7 Å². The van der Waals surface area contributed by atoms with Crippen LogP contribution in [0.25, 0.3) is 10.9 Å². The van der Waals surface area contributed by atoms with Gasteiger partial charge in [0.05, 0.1) is 0 Å². The van der Waals surface area contributed by atoms with E-state index in [-0.39, 0.29) is 10.3 Å². The van der Waals surface area contributed by atoms with Gasteiger partial charge in [0.15, 0.2) is 5.76 Å². The van der Waals surface area contributed by atoms with Gasteiger partial charge in [0.2, 0.25) is 10.0 Å². The van der Waals surface area contributed by atoms with Crippen molar-refractivity contribution < 1.29 is 12.9 Å². The van der Waals surface area contributed by atoms with Crippen LogP contribution in [0.2, 0.25) is 0 Å². The number of hydrogen-bond donors (Lipinski definition) is 2. The highest BCUT2D eigenvalue weighted by atomic mass is 32.2. The Balaban J connectivity index is 1.62. The fourth-order valence-electron chi connectivity index (χ4n) is 3.37. The van der Waals surface area contributed by atoms with Crippen molar-refractivity contribution in [3.63, 3.8) is 0 Å². The number of nitrogens with zero attached hydrogens (tertiary/aromatic N) is 1. The van der Waals surface area contributed by atoms with Crippen LogP contribution in [-0.4, -0.2) is 25.1 Å². The van der Waals surface area contributed by atoms with Crippen LogP contribution in [-0.2, 0) is 15.4 Å². The van der Waals surface area contributed by atoms with Crippen molar-refractivity contribution in [2.24, 2.45) is 0 Å². The predicted molar refractivity (Wildman–Crippen MR) is 90.4 cm³/mol. The Hall–Kier alpha value is -2.12. The molecule has 3 aromatic rings. The Morgan fingerprint density at radius 2 is 2.04 bits per heavy atom. The molecule has 2 heterocycles. The molecular formula is C17H19N3O3S. The zero-order chi connectivity index (χ0) is 16.9. The van der Waals surface area contributed by atoms with Gasteiger partial charge in [0, 0.05) is 29.1 Å². The van der Waals surface area contributed by atoms with Gasteiger partial charge in [0.1, 0.15) is 10.6 Å². The summed E-state index contributed by atoms with van der Waals surface area (Å²) >= 11 is 0. The van der Waals surface area contributed by atoms with E-state index in [2.05, 4.69) is 20.9 Å². The molecule has 2 N–H and O–H groups in total. The van der Waals surface area contributed by atoms with Crippen molar-refractivity contribution in [2.75, 3.05) is 6.54 Å². The lowest BCUT2D eigenvalue weighted by Gasteiger charge is -2.16. The van der Waals surface area contributed by atoms with E-state index in [4.69, 9.17) is 4.52 Å². The molecule has 1 fully saturated rings. The second-order valence-corrected chi connectivity index (χ2v) is 8.21. The van der Waals surface area contributed by atoms with E-state index in [1.165, 1.54) is 5.56 Å². The number of sulfonamides is 1. The number of aromatic nitrogens is 2. The lowest BCUT2D eigenvalue weighted by molar-refractivity contribution is 0.390. The summed E-state index contributed by atoms with van der Waals surface area (Å²) in [6, 6.07) is 8.10. The summed E-state index contributed by atoms with van der Waals surface area (Å²) in [5.41, 5.74) is 2.51. The average molecular weight is 345 g/mol. The smallest absolute Gasteiger partial charge is 0.245 e. The lowest BCUT2D eigenvalue weighted by Crippen LogP contribution is -2.32. The quantitative estimate of drug-likeness (QED) is 0.744. The van der Waals surface area contributed by atoms with Crippen molar-refractivity contribution >= 4 is 20.9 Å². The third kappa shape index (κ3) is 2.35. The first-order valence-electron chi connectivity index (χ1n) is 7.92. The molecule has 4 rings (SSSR count). The maximum absolute atomic E-state index is 12.6. The predicted octanol–water partition coefficient (Wildman–Crippen LogP) is 2.78. The Morgan fingerprint density at radius 3 is 2.71 bits per heavy atom.